The average Bonchev–Trinajstić information content (AvgIpc) is 2.91. The number of hydrogen-bond acceptors (Lipinski definition) is 5. The second kappa shape index (κ2) is 5.81. The summed E-state index contributed by atoms with van der Waals surface area (Å²) in [6, 6.07) is 10.7. The third-order valence-corrected chi connectivity index (χ3v) is 3.50. The van der Waals surface area contributed by atoms with Gasteiger partial charge < -0.3 is 14.4 Å². The molecule has 0 aliphatic rings. The Morgan fingerprint density at radius 3 is 2.91 bits per heavy atom. The minimum atomic E-state index is 0.0510. The molecule has 0 radical (unpaired) electrons. The van der Waals surface area contributed by atoms with Gasteiger partial charge in [0.1, 0.15) is 11.6 Å². The number of nitriles is 1. The van der Waals surface area contributed by atoms with Crippen LogP contribution >= 0.6 is 0 Å². The Morgan fingerprint density at radius 2 is 2.22 bits per heavy atom. The maximum atomic E-state index is 9.65. The van der Waals surface area contributed by atoms with Crippen LogP contribution in [0.4, 0.5) is 0 Å². The topological polar surface area (TPSA) is 84.0 Å². The van der Waals surface area contributed by atoms with Crippen molar-refractivity contribution in [2.24, 2.45) is 7.05 Å². The van der Waals surface area contributed by atoms with Crippen molar-refractivity contribution in [1.29, 1.82) is 5.26 Å². The van der Waals surface area contributed by atoms with Gasteiger partial charge in [-0.2, -0.15) is 5.26 Å². The fourth-order valence-electron chi connectivity index (χ4n) is 2.36. The van der Waals surface area contributed by atoms with Crippen LogP contribution < -0.4 is 4.74 Å². The summed E-state index contributed by atoms with van der Waals surface area (Å²) < 4.78 is 6.87. The highest BCUT2D eigenvalue weighted by Gasteiger charge is 2.13. The van der Waals surface area contributed by atoms with Crippen molar-refractivity contribution < 1.29 is 9.84 Å². The molecule has 1 N–H and O–H groups in total. The van der Waals surface area contributed by atoms with Gasteiger partial charge in [0.25, 0.3) is 0 Å². The van der Waals surface area contributed by atoms with E-state index < -0.39 is 0 Å². The van der Waals surface area contributed by atoms with Crippen LogP contribution in [0.15, 0.2) is 36.5 Å². The quantitative estimate of drug-likeness (QED) is 0.752. The van der Waals surface area contributed by atoms with Crippen molar-refractivity contribution in [2.75, 3.05) is 7.11 Å². The van der Waals surface area contributed by atoms with Crippen molar-refractivity contribution in [3.63, 3.8) is 0 Å². The summed E-state index contributed by atoms with van der Waals surface area (Å²) in [4.78, 5) is 8.74. The van der Waals surface area contributed by atoms with Gasteiger partial charge in [0.15, 0.2) is 23.0 Å². The Bertz CT molecular complexity index is 951. The van der Waals surface area contributed by atoms with Gasteiger partial charge in [0, 0.05) is 13.2 Å². The fourth-order valence-corrected chi connectivity index (χ4v) is 2.36. The summed E-state index contributed by atoms with van der Waals surface area (Å²) in [6.45, 7) is 0. The van der Waals surface area contributed by atoms with Crippen LogP contribution in [0.2, 0.25) is 0 Å². The van der Waals surface area contributed by atoms with Crippen LogP contribution in [0.1, 0.15) is 11.4 Å². The van der Waals surface area contributed by atoms with Gasteiger partial charge in [-0.1, -0.05) is 6.07 Å². The van der Waals surface area contributed by atoms with Crippen molar-refractivity contribution >= 4 is 22.8 Å². The van der Waals surface area contributed by atoms with Crippen molar-refractivity contribution in [3.8, 4) is 17.6 Å². The molecule has 23 heavy (non-hydrogen) atoms. The van der Waals surface area contributed by atoms with E-state index in [4.69, 9.17) is 4.74 Å². The second-order valence-electron chi connectivity index (χ2n) is 4.94. The zero-order valence-corrected chi connectivity index (χ0v) is 12.7. The number of imidazole rings is 1. The number of allylic oxidation sites excluding steroid dienone is 1. The Kier molecular flexibility index (Phi) is 3.69. The molecule has 3 aromatic rings. The normalized spacial score (nSPS) is 11.4. The van der Waals surface area contributed by atoms with Gasteiger partial charge in [-0.05, 0) is 35.9 Å². The lowest BCUT2D eigenvalue weighted by Gasteiger charge is -2.05. The molecule has 2 heterocycles. The van der Waals surface area contributed by atoms with E-state index in [-0.39, 0.29) is 5.75 Å². The molecule has 6 heteroatoms. The predicted octanol–water partition coefficient (Wildman–Crippen LogP) is 2.75. The number of pyridine rings is 1. The number of aromatic hydroxyl groups is 1. The van der Waals surface area contributed by atoms with Gasteiger partial charge in [0.05, 0.1) is 12.7 Å². The zero-order valence-electron chi connectivity index (χ0n) is 12.7. The molecule has 0 spiro atoms. The van der Waals surface area contributed by atoms with Crippen LogP contribution in [0.5, 0.6) is 11.5 Å². The monoisotopic (exact) mass is 306 g/mol. The van der Waals surface area contributed by atoms with Crippen molar-refractivity contribution in [3.05, 3.63) is 47.9 Å². The van der Waals surface area contributed by atoms with Crippen LogP contribution in [0.3, 0.4) is 0 Å². The fraction of sp³-hybridized carbons (Fsp3) is 0.118. The molecule has 1 aromatic carbocycles. The first-order chi connectivity index (χ1) is 11.1. The number of hydrogen-bond donors (Lipinski definition) is 1. The summed E-state index contributed by atoms with van der Waals surface area (Å²) in [5.74, 6) is 0.936. The van der Waals surface area contributed by atoms with Crippen LogP contribution in [-0.4, -0.2) is 26.8 Å². The summed E-state index contributed by atoms with van der Waals surface area (Å²) in [6.07, 6.45) is 3.39. The largest absolute Gasteiger partial charge is 0.504 e. The van der Waals surface area contributed by atoms with Gasteiger partial charge >= 0.3 is 0 Å². The summed E-state index contributed by atoms with van der Waals surface area (Å²) in [5.41, 5.74) is 2.58. The molecule has 0 fully saturated rings. The number of aryl methyl sites for hydroxylation is 1. The maximum Gasteiger partial charge on any atom is 0.161 e. The standard InChI is InChI=1S/C17H14N4O2/c1-21-16(20-13-4-3-7-19-17(13)21)12(10-18)8-11-5-6-14(22)15(9-11)23-2/h3-9,22H,1-2H3/b12-8+. The van der Waals surface area contributed by atoms with Gasteiger partial charge in [0.2, 0.25) is 0 Å². The predicted molar refractivity (Wildman–Crippen MR) is 86.7 cm³/mol. The molecule has 0 aliphatic carbocycles. The lowest BCUT2D eigenvalue weighted by atomic mass is 10.1. The lowest BCUT2D eigenvalue weighted by molar-refractivity contribution is 0.373. The van der Waals surface area contributed by atoms with Crippen LogP contribution in [0, 0.1) is 11.3 Å². The van der Waals surface area contributed by atoms with Crippen molar-refractivity contribution in [2.45, 2.75) is 0 Å². The van der Waals surface area contributed by atoms with E-state index in [1.54, 1.807) is 35.0 Å². The minimum absolute atomic E-state index is 0.0510. The summed E-state index contributed by atoms with van der Waals surface area (Å²) >= 11 is 0. The van der Waals surface area contributed by atoms with E-state index in [2.05, 4.69) is 16.0 Å². The van der Waals surface area contributed by atoms with Gasteiger partial charge in [-0.3, -0.25) is 0 Å². The minimum Gasteiger partial charge on any atom is -0.504 e. The Morgan fingerprint density at radius 1 is 1.39 bits per heavy atom. The molecule has 0 aliphatic heterocycles. The van der Waals surface area contributed by atoms with Crippen molar-refractivity contribution in [1.82, 2.24) is 14.5 Å². The Balaban J connectivity index is 2.11. The third kappa shape index (κ3) is 2.60. The van der Waals surface area contributed by atoms with E-state index in [0.717, 1.165) is 11.1 Å². The first-order valence-corrected chi connectivity index (χ1v) is 6.90. The highest BCUT2D eigenvalue weighted by molar-refractivity contribution is 5.90. The lowest BCUT2D eigenvalue weighted by Crippen LogP contribution is -1.97. The zero-order chi connectivity index (χ0) is 16.4. The molecule has 0 unspecified atom stereocenters. The highest BCUT2D eigenvalue weighted by Crippen LogP contribution is 2.28. The number of aromatic nitrogens is 3. The highest BCUT2D eigenvalue weighted by atomic mass is 16.5. The molecule has 0 saturated heterocycles. The molecule has 0 atom stereocenters. The number of ether oxygens (including phenoxy) is 1. The summed E-state index contributed by atoms with van der Waals surface area (Å²) in [7, 11) is 3.30. The van der Waals surface area contributed by atoms with Gasteiger partial charge in [-0.15, -0.1) is 0 Å². The van der Waals surface area contributed by atoms with Crippen LogP contribution in [0.25, 0.3) is 22.8 Å². The Labute approximate surface area is 132 Å². The molecule has 3 rings (SSSR count). The number of phenolic OH excluding ortho intramolecular Hbond substituents is 1. The first-order valence-electron chi connectivity index (χ1n) is 6.90. The van der Waals surface area contributed by atoms with E-state index in [1.165, 1.54) is 13.2 Å². The molecule has 0 bridgehead atoms. The molecule has 0 amide bonds. The van der Waals surface area contributed by atoms with E-state index >= 15 is 0 Å². The second-order valence-corrected chi connectivity index (χ2v) is 4.94. The number of fused-ring (bicyclic) bond motifs is 1. The maximum absolute atomic E-state index is 9.65. The smallest absolute Gasteiger partial charge is 0.161 e. The molecular weight excluding hydrogens is 292 g/mol. The number of benzene rings is 1. The molecule has 0 saturated carbocycles. The first kappa shape index (κ1) is 14.6. The third-order valence-electron chi connectivity index (χ3n) is 3.50. The Hall–Kier alpha value is -3.33. The molecule has 2 aromatic heterocycles. The summed E-state index contributed by atoms with van der Waals surface area (Å²) in [5, 5.41) is 19.1. The molecule has 6 nitrogen and oxygen atoms in total. The van der Waals surface area contributed by atoms with E-state index in [0.29, 0.717) is 22.8 Å². The molecule has 114 valence electrons. The SMILES string of the molecule is COc1cc(/C=C(\C#N)c2nc3cccnc3n2C)ccc1O. The molecular formula is C17H14N4O2. The average molecular weight is 306 g/mol. The number of rotatable bonds is 3. The van der Waals surface area contributed by atoms with E-state index in [9.17, 15) is 10.4 Å². The van der Waals surface area contributed by atoms with E-state index in [1.807, 2.05) is 13.1 Å². The number of phenols is 1. The number of nitrogens with zero attached hydrogens (tertiary/aromatic N) is 4. The number of methoxy groups -OCH3 is 1. The van der Waals surface area contributed by atoms with Gasteiger partial charge in [-0.25, -0.2) is 9.97 Å². The van der Waals surface area contributed by atoms with Crippen LogP contribution in [-0.2, 0) is 7.05 Å².